The lowest BCUT2D eigenvalue weighted by atomic mass is 10.1. The second kappa shape index (κ2) is 11.8. The van der Waals surface area contributed by atoms with Gasteiger partial charge < -0.3 is 15.3 Å². The van der Waals surface area contributed by atoms with E-state index in [2.05, 4.69) is 4.99 Å². The van der Waals surface area contributed by atoms with Crippen molar-refractivity contribution in [2.24, 2.45) is 10.9 Å². The molecule has 2 aromatic carbocycles. The van der Waals surface area contributed by atoms with Gasteiger partial charge in [-0.2, -0.15) is 4.68 Å². The topological polar surface area (TPSA) is 123 Å². The van der Waals surface area contributed by atoms with Gasteiger partial charge in [-0.3, -0.25) is 9.36 Å². The number of nitrogens with zero attached hydrogens (tertiary/aromatic N) is 4. The molecule has 37 heavy (non-hydrogen) atoms. The first kappa shape index (κ1) is 27.5. The minimum absolute atomic E-state index is 0.0129. The molecule has 0 fully saturated rings. The van der Waals surface area contributed by atoms with Crippen LogP contribution in [0, 0.1) is 12.8 Å². The van der Waals surface area contributed by atoms with Crippen molar-refractivity contribution in [2.45, 2.75) is 60.2 Å². The summed E-state index contributed by atoms with van der Waals surface area (Å²) in [7, 11) is 1.25. The van der Waals surface area contributed by atoms with Crippen LogP contribution in [-0.4, -0.2) is 33.0 Å². The lowest BCUT2D eigenvalue weighted by molar-refractivity contribution is -0.145. The first-order chi connectivity index (χ1) is 17.5. The van der Waals surface area contributed by atoms with Crippen molar-refractivity contribution in [2.75, 3.05) is 13.0 Å². The highest BCUT2D eigenvalue weighted by molar-refractivity contribution is 5.71. The molecule has 1 heterocycles. The molecule has 0 aliphatic rings. The van der Waals surface area contributed by atoms with E-state index < -0.39 is 23.3 Å². The van der Waals surface area contributed by atoms with E-state index in [0.717, 1.165) is 31.7 Å². The van der Waals surface area contributed by atoms with E-state index in [1.807, 2.05) is 64.1 Å². The summed E-state index contributed by atoms with van der Waals surface area (Å²) < 4.78 is 13.7. The Bertz CT molecular complexity index is 1450. The molecule has 0 spiro atoms. The molecule has 10 heteroatoms. The fourth-order valence-electron chi connectivity index (χ4n) is 3.89. The Morgan fingerprint density at radius 2 is 1.70 bits per heavy atom. The first-order valence-electron chi connectivity index (χ1n) is 12.2. The maximum atomic E-state index is 13.6. The van der Waals surface area contributed by atoms with Crippen LogP contribution in [-0.2, 0) is 29.0 Å². The van der Waals surface area contributed by atoms with Crippen molar-refractivity contribution in [3.05, 3.63) is 85.7 Å². The van der Waals surface area contributed by atoms with Gasteiger partial charge in [-0.25, -0.2) is 19.1 Å². The third-order valence-corrected chi connectivity index (χ3v) is 5.89. The number of aromatic nitrogens is 3. The van der Waals surface area contributed by atoms with Crippen LogP contribution < -0.4 is 27.6 Å². The van der Waals surface area contributed by atoms with Gasteiger partial charge in [0.15, 0.2) is 0 Å². The number of ether oxygens (including phenoxy) is 2. The van der Waals surface area contributed by atoms with Gasteiger partial charge in [-0.15, -0.1) is 0 Å². The Labute approximate surface area is 215 Å². The summed E-state index contributed by atoms with van der Waals surface area (Å²) in [6.45, 7) is 9.40. The lowest BCUT2D eigenvalue weighted by Gasteiger charge is -2.16. The fourth-order valence-corrected chi connectivity index (χ4v) is 3.89. The molecule has 10 nitrogen and oxygen atoms in total. The molecule has 1 atom stereocenters. The zero-order valence-electron chi connectivity index (χ0n) is 22.2. The van der Waals surface area contributed by atoms with E-state index >= 15 is 0 Å². The van der Waals surface area contributed by atoms with Crippen LogP contribution in [0.1, 0.15) is 44.4 Å². The van der Waals surface area contributed by atoms with Crippen LogP contribution in [0.3, 0.4) is 0 Å². The maximum Gasteiger partial charge on any atom is 0.353 e. The zero-order chi connectivity index (χ0) is 27.3. The predicted molar refractivity (Wildman–Crippen MR) is 141 cm³/mol. The highest BCUT2D eigenvalue weighted by Gasteiger charge is 2.20. The second-order valence-electron chi connectivity index (χ2n) is 9.27. The van der Waals surface area contributed by atoms with Crippen molar-refractivity contribution in [1.29, 1.82) is 0 Å². The zero-order valence-corrected chi connectivity index (χ0v) is 22.2. The van der Waals surface area contributed by atoms with Crippen LogP contribution in [0.15, 0.2) is 57.0 Å². The van der Waals surface area contributed by atoms with Crippen LogP contribution in [0.2, 0.25) is 0 Å². The maximum absolute atomic E-state index is 13.6. The number of esters is 1. The molecule has 0 amide bonds. The number of nitrogens with two attached hydrogens (primary N) is 1. The lowest BCUT2D eigenvalue weighted by Crippen LogP contribution is -2.58. The average molecular weight is 510 g/mol. The van der Waals surface area contributed by atoms with Gasteiger partial charge >= 0.3 is 17.3 Å². The summed E-state index contributed by atoms with van der Waals surface area (Å²) in [5.74, 6) is 5.70. The molecule has 0 aliphatic carbocycles. The Balaban J connectivity index is 2.24. The van der Waals surface area contributed by atoms with Crippen molar-refractivity contribution in [1.82, 2.24) is 13.8 Å². The van der Waals surface area contributed by atoms with Gasteiger partial charge in [-0.1, -0.05) is 43.7 Å². The molecule has 0 saturated heterocycles. The summed E-state index contributed by atoms with van der Waals surface area (Å²) in [4.78, 5) is 43.3. The molecule has 0 radical (unpaired) electrons. The largest absolute Gasteiger partial charge is 0.491 e. The summed E-state index contributed by atoms with van der Waals surface area (Å²) in [6.07, 6.45) is 0.718. The first-order valence-corrected chi connectivity index (χ1v) is 12.2. The number of carbonyl (C=O) groups is 1. The second-order valence-corrected chi connectivity index (χ2v) is 9.27. The van der Waals surface area contributed by atoms with Gasteiger partial charge in [0.25, 0.3) is 0 Å². The highest BCUT2D eigenvalue weighted by atomic mass is 16.5. The van der Waals surface area contributed by atoms with E-state index in [0.29, 0.717) is 12.1 Å². The molecule has 2 N–H and O–H groups in total. The van der Waals surface area contributed by atoms with E-state index in [-0.39, 0.29) is 24.8 Å². The highest BCUT2D eigenvalue weighted by Crippen LogP contribution is 2.25. The molecule has 0 bridgehead atoms. The summed E-state index contributed by atoms with van der Waals surface area (Å²) in [6, 6.07) is 13.1. The summed E-state index contributed by atoms with van der Waals surface area (Å²) in [5, 5.41) is 0. The molecule has 3 aromatic rings. The number of benzene rings is 2. The number of hydrogen-bond acceptors (Lipinski definition) is 7. The van der Waals surface area contributed by atoms with E-state index in [4.69, 9.17) is 15.3 Å². The van der Waals surface area contributed by atoms with Gasteiger partial charge in [0.05, 0.1) is 31.4 Å². The quantitative estimate of drug-likeness (QED) is 0.349. The van der Waals surface area contributed by atoms with Gasteiger partial charge in [-0.05, 0) is 56.5 Å². The molecule has 198 valence electrons. The van der Waals surface area contributed by atoms with E-state index in [9.17, 15) is 14.4 Å². The average Bonchev–Trinajstić information content (AvgIpc) is 2.88. The fraction of sp³-hybridized carbons (Fsp3) is 0.407. The van der Waals surface area contributed by atoms with Gasteiger partial charge in [0, 0.05) is 6.54 Å². The normalized spacial score (nSPS) is 12.6. The molecular weight excluding hydrogens is 474 g/mol. The number of carbonyl (C=O) groups excluding carboxylic acids is 1. The minimum Gasteiger partial charge on any atom is -0.491 e. The van der Waals surface area contributed by atoms with Crippen molar-refractivity contribution < 1.29 is 14.3 Å². The van der Waals surface area contributed by atoms with Crippen molar-refractivity contribution in [3.63, 3.8) is 0 Å². The third-order valence-electron chi connectivity index (χ3n) is 5.89. The van der Waals surface area contributed by atoms with Crippen LogP contribution >= 0.6 is 0 Å². The number of aryl methyl sites for hydroxylation is 2. The van der Waals surface area contributed by atoms with E-state index in [1.165, 1.54) is 11.7 Å². The Morgan fingerprint density at radius 1 is 1.03 bits per heavy atom. The van der Waals surface area contributed by atoms with E-state index in [1.54, 1.807) is 13.0 Å². The Morgan fingerprint density at radius 3 is 2.30 bits per heavy atom. The monoisotopic (exact) mass is 509 g/mol. The van der Waals surface area contributed by atoms with Crippen molar-refractivity contribution in [3.8, 4) is 5.75 Å². The summed E-state index contributed by atoms with van der Waals surface area (Å²) >= 11 is 0. The van der Waals surface area contributed by atoms with Crippen molar-refractivity contribution >= 4 is 11.7 Å². The third kappa shape index (κ3) is 6.38. The standard InChI is InChI=1S/C27H35N5O5/c1-7-21-14-22(12-13-23(21)37-17(2)3)29-25-30(16-20-10-8-18(4)9-11-20)26(34)31(27(35)32(25)28)15-19(5)24(33)36-6/h8-14,17,19H,7,15-16,28H2,1-6H3/b29-25-/t19-/m0/s1. The SMILES string of the molecule is CCc1cc(/N=c2\n(N)c(=O)n(C[C@H](C)C(=O)OC)c(=O)n2Cc2ccc(C)cc2)ccc1OC(C)C. The van der Waals surface area contributed by atoms with Gasteiger partial charge in [0.2, 0.25) is 5.62 Å². The molecule has 3 rings (SSSR count). The molecule has 0 unspecified atom stereocenters. The molecule has 1 aromatic heterocycles. The number of methoxy groups -OCH3 is 1. The smallest absolute Gasteiger partial charge is 0.353 e. The molecule has 0 aliphatic heterocycles. The Hall–Kier alpha value is -4.08. The van der Waals surface area contributed by atoms with Crippen LogP contribution in [0.5, 0.6) is 5.75 Å². The number of rotatable bonds is 9. The Kier molecular flexibility index (Phi) is 8.75. The predicted octanol–water partition coefficient (Wildman–Crippen LogP) is 2.27. The number of hydrogen-bond donors (Lipinski definition) is 1. The summed E-state index contributed by atoms with van der Waals surface area (Å²) in [5.41, 5.74) is 1.92. The molecular formula is C27H35N5O5. The molecule has 0 saturated carbocycles. The van der Waals surface area contributed by atoms with Gasteiger partial charge in [0.1, 0.15) is 5.75 Å². The number of nitrogen functional groups attached to an aromatic ring is 1. The van der Waals surface area contributed by atoms with Crippen LogP contribution in [0.4, 0.5) is 5.69 Å². The van der Waals surface area contributed by atoms with Crippen LogP contribution in [0.25, 0.3) is 0 Å². The minimum atomic E-state index is -0.782.